The molecule has 0 spiro atoms. The highest BCUT2D eigenvalue weighted by molar-refractivity contribution is 6.39. The van der Waals surface area contributed by atoms with Gasteiger partial charge in [-0.1, -0.05) is 39.8 Å². The van der Waals surface area contributed by atoms with Crippen LogP contribution in [-0.4, -0.2) is 29.8 Å². The number of likely N-dealkylation sites (tertiary alicyclic amines) is 1. The van der Waals surface area contributed by atoms with E-state index in [2.05, 4.69) is 33.0 Å². The zero-order valence-corrected chi connectivity index (χ0v) is 14.0. The summed E-state index contributed by atoms with van der Waals surface area (Å²) in [6, 6.07) is 7.68. The Morgan fingerprint density at radius 1 is 1.18 bits per heavy atom. The Labute approximate surface area is 132 Å². The molecule has 0 aliphatic carbocycles. The number of nitrogens with zero attached hydrogens (tertiary/aromatic N) is 1. The molecule has 1 saturated heterocycles. The summed E-state index contributed by atoms with van der Waals surface area (Å²) in [6.07, 6.45) is 2.10. The Kier molecular flexibility index (Phi) is 4.89. The largest absolute Gasteiger partial charge is 0.334 e. The fraction of sp³-hybridized carbons (Fsp3) is 0.556. The lowest BCUT2D eigenvalue weighted by molar-refractivity contribution is -0.144. The van der Waals surface area contributed by atoms with Gasteiger partial charge in [0.05, 0.1) is 0 Å². The molecule has 2 amide bonds. The van der Waals surface area contributed by atoms with Gasteiger partial charge in [-0.15, -0.1) is 0 Å². The van der Waals surface area contributed by atoms with Gasteiger partial charge in [-0.25, -0.2) is 0 Å². The number of amides is 2. The minimum atomic E-state index is -0.544. The molecule has 22 heavy (non-hydrogen) atoms. The summed E-state index contributed by atoms with van der Waals surface area (Å²) < 4.78 is 0. The maximum atomic E-state index is 12.2. The molecular formula is C18H26N2O2. The highest BCUT2D eigenvalue weighted by Crippen LogP contribution is 2.23. The van der Waals surface area contributed by atoms with E-state index in [4.69, 9.17) is 0 Å². The topological polar surface area (TPSA) is 49.4 Å². The van der Waals surface area contributed by atoms with Crippen LogP contribution in [0.25, 0.3) is 0 Å². The second kappa shape index (κ2) is 6.51. The molecule has 1 N–H and O–H groups in total. The second-order valence-corrected chi connectivity index (χ2v) is 7.28. The first-order valence-corrected chi connectivity index (χ1v) is 7.98. The van der Waals surface area contributed by atoms with E-state index in [1.807, 2.05) is 24.3 Å². The molecule has 0 bridgehead atoms. The van der Waals surface area contributed by atoms with Crippen molar-refractivity contribution in [2.75, 3.05) is 18.4 Å². The zero-order chi connectivity index (χ0) is 16.3. The fourth-order valence-electron chi connectivity index (χ4n) is 2.76. The minimum absolute atomic E-state index is 0.0717. The molecule has 1 aromatic rings. The van der Waals surface area contributed by atoms with E-state index in [1.165, 1.54) is 5.56 Å². The molecule has 0 saturated carbocycles. The lowest BCUT2D eigenvalue weighted by atomic mass is 9.87. The number of hydrogen-bond acceptors (Lipinski definition) is 2. The maximum Gasteiger partial charge on any atom is 0.313 e. The van der Waals surface area contributed by atoms with Crippen LogP contribution in [0.5, 0.6) is 0 Å². The number of hydrogen-bond donors (Lipinski definition) is 1. The molecule has 0 radical (unpaired) electrons. The Morgan fingerprint density at radius 3 is 2.36 bits per heavy atom. The third-order valence-electron chi connectivity index (χ3n) is 4.15. The summed E-state index contributed by atoms with van der Waals surface area (Å²) in [6.45, 7) is 9.89. The van der Waals surface area contributed by atoms with Gasteiger partial charge in [0.2, 0.25) is 0 Å². The summed E-state index contributed by atoms with van der Waals surface area (Å²) >= 11 is 0. The van der Waals surface area contributed by atoms with Crippen LogP contribution in [0.3, 0.4) is 0 Å². The van der Waals surface area contributed by atoms with E-state index >= 15 is 0 Å². The van der Waals surface area contributed by atoms with Crippen LogP contribution >= 0.6 is 0 Å². The van der Waals surface area contributed by atoms with Gasteiger partial charge in [-0.3, -0.25) is 9.59 Å². The van der Waals surface area contributed by atoms with Crippen LogP contribution in [-0.2, 0) is 15.0 Å². The van der Waals surface area contributed by atoms with Crippen LogP contribution in [0.4, 0.5) is 5.69 Å². The molecule has 4 heteroatoms. The first-order valence-electron chi connectivity index (χ1n) is 7.98. The van der Waals surface area contributed by atoms with E-state index in [-0.39, 0.29) is 5.41 Å². The van der Waals surface area contributed by atoms with Crippen LogP contribution in [0.2, 0.25) is 0 Å². The number of piperidine rings is 1. The summed E-state index contributed by atoms with van der Waals surface area (Å²) in [7, 11) is 0. The molecule has 1 aromatic carbocycles. The molecule has 2 rings (SSSR count). The van der Waals surface area contributed by atoms with Crippen molar-refractivity contribution < 1.29 is 9.59 Å². The standard InChI is InChI=1S/C18H26N2O2/c1-13-6-5-11-20(12-13)17(22)16(21)19-15-9-7-14(8-10-15)18(2,3)4/h7-10,13H,5-6,11-12H2,1-4H3,(H,19,21). The van der Waals surface area contributed by atoms with Crippen molar-refractivity contribution in [2.24, 2.45) is 5.92 Å². The zero-order valence-electron chi connectivity index (χ0n) is 14.0. The predicted octanol–water partition coefficient (Wildman–Crippen LogP) is 3.18. The number of benzene rings is 1. The van der Waals surface area contributed by atoms with Gasteiger partial charge in [-0.2, -0.15) is 0 Å². The van der Waals surface area contributed by atoms with Gasteiger partial charge in [-0.05, 0) is 41.9 Å². The van der Waals surface area contributed by atoms with Gasteiger partial charge < -0.3 is 10.2 Å². The number of anilines is 1. The fourth-order valence-corrected chi connectivity index (χ4v) is 2.76. The molecule has 1 fully saturated rings. The molecule has 0 aromatic heterocycles. The van der Waals surface area contributed by atoms with Gasteiger partial charge in [0, 0.05) is 18.8 Å². The number of rotatable bonds is 1. The second-order valence-electron chi connectivity index (χ2n) is 7.28. The Bertz CT molecular complexity index is 543. The van der Waals surface area contributed by atoms with Gasteiger partial charge >= 0.3 is 11.8 Å². The van der Waals surface area contributed by atoms with E-state index in [9.17, 15) is 9.59 Å². The smallest absolute Gasteiger partial charge is 0.313 e. The van der Waals surface area contributed by atoms with E-state index in [1.54, 1.807) is 4.90 Å². The highest BCUT2D eigenvalue weighted by atomic mass is 16.2. The average molecular weight is 302 g/mol. The van der Waals surface area contributed by atoms with Crippen LogP contribution in [0.15, 0.2) is 24.3 Å². The summed E-state index contributed by atoms with van der Waals surface area (Å²) in [5.74, 6) is -0.499. The molecular weight excluding hydrogens is 276 g/mol. The molecule has 1 aliphatic heterocycles. The lowest BCUT2D eigenvalue weighted by Gasteiger charge is -2.30. The summed E-state index contributed by atoms with van der Waals surface area (Å²) in [5.41, 5.74) is 1.93. The predicted molar refractivity (Wildman–Crippen MR) is 88.7 cm³/mol. The summed E-state index contributed by atoms with van der Waals surface area (Å²) in [4.78, 5) is 25.9. The normalized spacial score (nSPS) is 18.9. The maximum absolute atomic E-state index is 12.2. The molecule has 1 aliphatic rings. The first-order chi connectivity index (χ1) is 10.3. The van der Waals surface area contributed by atoms with Crippen molar-refractivity contribution in [3.63, 3.8) is 0 Å². The van der Waals surface area contributed by atoms with Gasteiger partial charge in [0.15, 0.2) is 0 Å². The first kappa shape index (κ1) is 16.5. The van der Waals surface area contributed by atoms with E-state index in [0.29, 0.717) is 24.7 Å². The number of nitrogens with one attached hydrogen (secondary N) is 1. The monoisotopic (exact) mass is 302 g/mol. The quantitative estimate of drug-likeness (QED) is 0.810. The van der Waals surface area contributed by atoms with Crippen LogP contribution < -0.4 is 5.32 Å². The SMILES string of the molecule is CC1CCCN(C(=O)C(=O)Nc2ccc(C(C)(C)C)cc2)C1. The molecule has 120 valence electrons. The van der Waals surface area contributed by atoms with Crippen molar-refractivity contribution in [1.82, 2.24) is 4.90 Å². The number of carbonyl (C=O) groups is 2. The van der Waals surface area contributed by atoms with E-state index < -0.39 is 11.8 Å². The highest BCUT2D eigenvalue weighted by Gasteiger charge is 2.26. The molecule has 4 nitrogen and oxygen atoms in total. The van der Waals surface area contributed by atoms with E-state index in [0.717, 1.165) is 12.8 Å². The van der Waals surface area contributed by atoms with Crippen LogP contribution in [0.1, 0.15) is 46.1 Å². The Balaban J connectivity index is 1.98. The van der Waals surface area contributed by atoms with Crippen molar-refractivity contribution in [3.8, 4) is 0 Å². The van der Waals surface area contributed by atoms with Gasteiger partial charge in [0.25, 0.3) is 0 Å². The lowest BCUT2D eigenvalue weighted by Crippen LogP contribution is -2.44. The van der Waals surface area contributed by atoms with Crippen molar-refractivity contribution in [2.45, 2.75) is 46.0 Å². The third kappa shape index (κ3) is 4.09. The Morgan fingerprint density at radius 2 is 1.82 bits per heavy atom. The summed E-state index contributed by atoms with van der Waals surface area (Å²) in [5, 5.41) is 2.70. The van der Waals surface area contributed by atoms with Crippen LogP contribution in [0, 0.1) is 5.92 Å². The van der Waals surface area contributed by atoms with Gasteiger partial charge in [0.1, 0.15) is 0 Å². The molecule has 1 unspecified atom stereocenters. The average Bonchev–Trinajstić information content (AvgIpc) is 2.46. The molecule has 1 atom stereocenters. The molecule has 1 heterocycles. The third-order valence-corrected chi connectivity index (χ3v) is 4.15. The van der Waals surface area contributed by atoms with Crippen molar-refractivity contribution in [1.29, 1.82) is 0 Å². The van der Waals surface area contributed by atoms with Crippen molar-refractivity contribution in [3.05, 3.63) is 29.8 Å². The Hall–Kier alpha value is -1.84. The van der Waals surface area contributed by atoms with Crippen molar-refractivity contribution >= 4 is 17.5 Å². The minimum Gasteiger partial charge on any atom is -0.334 e. The number of carbonyl (C=O) groups excluding carboxylic acids is 2.